The molecule has 2 heterocycles. The summed E-state index contributed by atoms with van der Waals surface area (Å²) in [6.45, 7) is 5.09. The maximum absolute atomic E-state index is 13.0. The van der Waals surface area contributed by atoms with Crippen molar-refractivity contribution in [3.8, 4) is 0 Å². The zero-order valence-electron chi connectivity index (χ0n) is 17.2. The topological polar surface area (TPSA) is 44.8 Å². The average molecular weight is 394 g/mol. The Balaban J connectivity index is 1.47. The number of hydrogen-bond acceptors (Lipinski definition) is 4. The summed E-state index contributed by atoms with van der Waals surface area (Å²) in [5.74, 6) is 0.123. The summed E-state index contributed by atoms with van der Waals surface area (Å²) >= 11 is 0. The summed E-state index contributed by atoms with van der Waals surface area (Å²) in [5, 5.41) is 3.08. The third kappa shape index (κ3) is 4.62. The quantitative estimate of drug-likeness (QED) is 0.734. The fourth-order valence-electron chi connectivity index (χ4n) is 4.66. The van der Waals surface area contributed by atoms with Crippen LogP contribution >= 0.6 is 0 Å². The number of ether oxygens (including phenoxy) is 1. The Bertz CT molecular complexity index is 811. The van der Waals surface area contributed by atoms with Crippen LogP contribution in [0.25, 0.3) is 0 Å². The summed E-state index contributed by atoms with van der Waals surface area (Å²) in [5.41, 5.74) is 3.97. The molecule has 4 rings (SSSR count). The molecule has 5 nitrogen and oxygen atoms in total. The number of rotatable bonds is 7. The molecule has 5 heteroatoms. The molecule has 2 unspecified atom stereocenters. The smallest absolute Gasteiger partial charge is 0.225 e. The van der Waals surface area contributed by atoms with Crippen LogP contribution in [0.5, 0.6) is 0 Å². The van der Waals surface area contributed by atoms with Gasteiger partial charge in [-0.25, -0.2) is 0 Å². The van der Waals surface area contributed by atoms with E-state index in [-0.39, 0.29) is 17.9 Å². The lowest BCUT2D eigenvalue weighted by molar-refractivity contribution is -0.126. The van der Waals surface area contributed by atoms with Gasteiger partial charge in [-0.2, -0.15) is 0 Å². The van der Waals surface area contributed by atoms with Gasteiger partial charge in [0.2, 0.25) is 5.91 Å². The molecule has 0 spiro atoms. The molecule has 29 heavy (non-hydrogen) atoms. The van der Waals surface area contributed by atoms with E-state index >= 15 is 0 Å². The van der Waals surface area contributed by atoms with E-state index in [2.05, 4.69) is 69.7 Å². The van der Waals surface area contributed by atoms with Gasteiger partial charge in [-0.05, 0) is 30.0 Å². The van der Waals surface area contributed by atoms with Gasteiger partial charge in [0, 0.05) is 45.5 Å². The molecule has 0 bridgehead atoms. The van der Waals surface area contributed by atoms with Crippen molar-refractivity contribution in [1.29, 1.82) is 0 Å². The minimum absolute atomic E-state index is 0.0266. The SMILES string of the molecule is COCCNC(=O)C1Cc2ccccc2N2CCN(CCc3ccccc3)CC12. The van der Waals surface area contributed by atoms with Gasteiger partial charge >= 0.3 is 0 Å². The van der Waals surface area contributed by atoms with E-state index in [0.717, 1.165) is 39.0 Å². The predicted molar refractivity (Wildman–Crippen MR) is 116 cm³/mol. The van der Waals surface area contributed by atoms with Crippen LogP contribution in [-0.4, -0.2) is 63.3 Å². The maximum atomic E-state index is 13.0. The Morgan fingerprint density at radius 2 is 1.90 bits per heavy atom. The number of anilines is 1. The molecule has 2 aromatic rings. The van der Waals surface area contributed by atoms with Crippen molar-refractivity contribution in [2.24, 2.45) is 5.92 Å². The number of nitrogens with one attached hydrogen (secondary N) is 1. The van der Waals surface area contributed by atoms with Gasteiger partial charge < -0.3 is 15.0 Å². The van der Waals surface area contributed by atoms with Gasteiger partial charge in [-0.1, -0.05) is 48.5 Å². The second kappa shape index (κ2) is 9.42. The van der Waals surface area contributed by atoms with E-state index in [1.165, 1.54) is 16.8 Å². The minimum atomic E-state index is -0.0266. The Hall–Kier alpha value is -2.37. The van der Waals surface area contributed by atoms with Crippen LogP contribution in [0.1, 0.15) is 11.1 Å². The predicted octanol–water partition coefficient (Wildman–Crippen LogP) is 2.35. The summed E-state index contributed by atoms with van der Waals surface area (Å²) < 4.78 is 5.10. The van der Waals surface area contributed by atoms with Gasteiger partial charge in [-0.3, -0.25) is 9.69 Å². The van der Waals surface area contributed by atoms with Gasteiger partial charge in [-0.15, -0.1) is 0 Å². The largest absolute Gasteiger partial charge is 0.383 e. The number of carbonyl (C=O) groups is 1. The molecule has 1 amide bonds. The standard InChI is InChI=1S/C24H31N3O2/c1-29-16-12-25-24(28)21-17-20-9-5-6-10-22(20)27-15-14-26(18-23(21)27)13-11-19-7-3-2-4-8-19/h2-10,21,23H,11-18H2,1H3,(H,25,28). The van der Waals surface area contributed by atoms with Crippen LogP contribution in [-0.2, 0) is 22.4 Å². The maximum Gasteiger partial charge on any atom is 0.225 e. The second-order valence-electron chi connectivity index (χ2n) is 8.02. The van der Waals surface area contributed by atoms with E-state index < -0.39 is 0 Å². The van der Waals surface area contributed by atoms with E-state index in [0.29, 0.717) is 13.2 Å². The van der Waals surface area contributed by atoms with Crippen LogP contribution in [0.15, 0.2) is 54.6 Å². The number of benzene rings is 2. The molecule has 2 atom stereocenters. The van der Waals surface area contributed by atoms with E-state index in [9.17, 15) is 4.79 Å². The van der Waals surface area contributed by atoms with Crippen LogP contribution in [0.4, 0.5) is 5.69 Å². The lowest BCUT2D eigenvalue weighted by atomic mass is 9.83. The second-order valence-corrected chi connectivity index (χ2v) is 8.02. The molecular formula is C24H31N3O2. The van der Waals surface area contributed by atoms with Crippen molar-refractivity contribution < 1.29 is 9.53 Å². The number of piperazine rings is 1. The summed E-state index contributed by atoms with van der Waals surface area (Å²) in [6, 6.07) is 19.4. The van der Waals surface area contributed by atoms with Crippen molar-refractivity contribution in [1.82, 2.24) is 10.2 Å². The van der Waals surface area contributed by atoms with Crippen LogP contribution in [0.3, 0.4) is 0 Å². The molecule has 1 saturated heterocycles. The first-order chi connectivity index (χ1) is 14.3. The summed E-state index contributed by atoms with van der Waals surface area (Å²) in [4.78, 5) is 18.0. The van der Waals surface area contributed by atoms with Crippen molar-refractivity contribution in [3.63, 3.8) is 0 Å². The molecule has 0 radical (unpaired) electrons. The lowest BCUT2D eigenvalue weighted by Crippen LogP contribution is -2.61. The van der Waals surface area contributed by atoms with Crippen LogP contribution in [0, 0.1) is 5.92 Å². The number of carbonyl (C=O) groups excluding carboxylic acids is 1. The number of methoxy groups -OCH3 is 1. The van der Waals surface area contributed by atoms with Crippen molar-refractivity contribution in [2.75, 3.05) is 51.3 Å². The third-order valence-corrected chi connectivity index (χ3v) is 6.21. The normalized spacial score (nSPS) is 21.3. The van der Waals surface area contributed by atoms with Gasteiger partial charge in [0.1, 0.15) is 0 Å². The van der Waals surface area contributed by atoms with E-state index in [4.69, 9.17) is 4.74 Å². The first-order valence-corrected chi connectivity index (χ1v) is 10.6. The van der Waals surface area contributed by atoms with Gasteiger partial charge in [0.05, 0.1) is 18.6 Å². The molecule has 2 aliphatic rings. The Kier molecular flexibility index (Phi) is 6.47. The molecule has 1 fully saturated rings. The highest BCUT2D eigenvalue weighted by Gasteiger charge is 2.41. The Morgan fingerprint density at radius 1 is 1.10 bits per heavy atom. The number of amides is 1. The molecule has 0 aromatic heterocycles. The number of para-hydroxylation sites is 1. The molecule has 2 aliphatic heterocycles. The monoisotopic (exact) mass is 393 g/mol. The average Bonchev–Trinajstić information content (AvgIpc) is 2.77. The molecule has 2 aromatic carbocycles. The minimum Gasteiger partial charge on any atom is -0.383 e. The van der Waals surface area contributed by atoms with Gasteiger partial charge in [0.25, 0.3) is 0 Å². The van der Waals surface area contributed by atoms with Crippen molar-refractivity contribution >= 4 is 11.6 Å². The molecule has 0 aliphatic carbocycles. The summed E-state index contributed by atoms with van der Waals surface area (Å²) in [6.07, 6.45) is 1.86. The lowest BCUT2D eigenvalue weighted by Gasteiger charge is -2.49. The van der Waals surface area contributed by atoms with Crippen LogP contribution in [0.2, 0.25) is 0 Å². The number of hydrogen-bond donors (Lipinski definition) is 1. The van der Waals surface area contributed by atoms with E-state index in [1.807, 2.05) is 0 Å². The fourth-order valence-corrected chi connectivity index (χ4v) is 4.66. The number of fused-ring (bicyclic) bond motifs is 3. The number of nitrogens with zero attached hydrogens (tertiary/aromatic N) is 2. The molecule has 0 saturated carbocycles. The highest BCUT2D eigenvalue weighted by atomic mass is 16.5. The van der Waals surface area contributed by atoms with Crippen LogP contribution < -0.4 is 10.2 Å². The highest BCUT2D eigenvalue weighted by molar-refractivity contribution is 5.82. The molecule has 154 valence electrons. The summed E-state index contributed by atoms with van der Waals surface area (Å²) in [7, 11) is 1.66. The van der Waals surface area contributed by atoms with Crippen molar-refractivity contribution in [3.05, 3.63) is 65.7 Å². The zero-order valence-corrected chi connectivity index (χ0v) is 17.2. The van der Waals surface area contributed by atoms with Gasteiger partial charge in [0.15, 0.2) is 0 Å². The highest BCUT2D eigenvalue weighted by Crippen LogP contribution is 2.35. The zero-order chi connectivity index (χ0) is 20.1. The first kappa shape index (κ1) is 19.9. The molecular weight excluding hydrogens is 362 g/mol. The Labute approximate surface area is 173 Å². The third-order valence-electron chi connectivity index (χ3n) is 6.21. The first-order valence-electron chi connectivity index (χ1n) is 10.6. The molecule has 1 N–H and O–H groups in total. The van der Waals surface area contributed by atoms with E-state index in [1.54, 1.807) is 7.11 Å². The Morgan fingerprint density at radius 3 is 2.72 bits per heavy atom. The van der Waals surface area contributed by atoms with Crippen molar-refractivity contribution in [2.45, 2.75) is 18.9 Å². The fraction of sp³-hybridized carbons (Fsp3) is 0.458.